The molecule has 1 heterocycles. The third-order valence-corrected chi connectivity index (χ3v) is 1.03. The average Bonchev–Trinajstić information content (AvgIpc) is 2.03. The molecule has 0 saturated carbocycles. The van der Waals surface area contributed by atoms with Gasteiger partial charge in [0.1, 0.15) is 0 Å². The number of rotatable bonds is 2. The Morgan fingerprint density at radius 3 is 3.20 bits per heavy atom. The van der Waals surface area contributed by atoms with Crippen LogP contribution in [-0.2, 0) is 0 Å². The van der Waals surface area contributed by atoms with Crippen LogP contribution < -0.4 is 5.43 Å². The fourth-order valence-corrected chi connectivity index (χ4v) is 0.591. The van der Waals surface area contributed by atoms with Crippen LogP contribution >= 0.6 is 0 Å². The maximum atomic E-state index is 3.92. The first kappa shape index (κ1) is 6.74. The molecule has 0 aliphatic heterocycles. The zero-order valence-electron chi connectivity index (χ0n) is 5.78. The van der Waals surface area contributed by atoms with Crippen molar-refractivity contribution in [1.29, 1.82) is 0 Å². The molecule has 0 aliphatic rings. The molecule has 0 bridgehead atoms. The molecule has 0 aliphatic carbocycles. The average molecular weight is 135 g/mol. The highest BCUT2D eigenvalue weighted by atomic mass is 15.3. The van der Waals surface area contributed by atoms with Gasteiger partial charge in [-0.2, -0.15) is 5.10 Å². The standard InChI is InChI=1S/C7H9N3/c1-8-10-6-7-3-2-4-9-5-7/h2-6,8H,1H3/b10-6+. The summed E-state index contributed by atoms with van der Waals surface area (Å²) in [4.78, 5) is 3.92. The van der Waals surface area contributed by atoms with Gasteiger partial charge in [0.05, 0.1) is 6.21 Å². The van der Waals surface area contributed by atoms with E-state index in [-0.39, 0.29) is 0 Å². The van der Waals surface area contributed by atoms with Crippen LogP contribution in [0.2, 0.25) is 0 Å². The number of hydrogen-bond donors (Lipinski definition) is 1. The second-order valence-electron chi connectivity index (χ2n) is 1.77. The lowest BCUT2D eigenvalue weighted by Gasteiger charge is -1.88. The Labute approximate surface area is 59.8 Å². The van der Waals surface area contributed by atoms with E-state index in [4.69, 9.17) is 0 Å². The number of pyridine rings is 1. The fourth-order valence-electron chi connectivity index (χ4n) is 0.591. The molecule has 52 valence electrons. The SMILES string of the molecule is CN/N=C/c1cccnc1. The van der Waals surface area contributed by atoms with Gasteiger partial charge >= 0.3 is 0 Å². The highest BCUT2D eigenvalue weighted by Crippen LogP contribution is 1.88. The van der Waals surface area contributed by atoms with Crippen molar-refractivity contribution in [2.45, 2.75) is 0 Å². The second-order valence-corrected chi connectivity index (χ2v) is 1.77. The van der Waals surface area contributed by atoms with Crippen LogP contribution in [0.25, 0.3) is 0 Å². The van der Waals surface area contributed by atoms with Crippen LogP contribution in [0.5, 0.6) is 0 Å². The van der Waals surface area contributed by atoms with Crippen LogP contribution in [0.4, 0.5) is 0 Å². The molecule has 0 spiro atoms. The van der Waals surface area contributed by atoms with E-state index in [1.807, 2.05) is 12.1 Å². The van der Waals surface area contributed by atoms with Crippen molar-refractivity contribution in [1.82, 2.24) is 10.4 Å². The first-order valence-electron chi connectivity index (χ1n) is 3.03. The molecule has 1 rings (SSSR count). The summed E-state index contributed by atoms with van der Waals surface area (Å²) >= 11 is 0. The molecule has 3 heteroatoms. The first-order valence-corrected chi connectivity index (χ1v) is 3.03. The van der Waals surface area contributed by atoms with Crippen molar-refractivity contribution in [3.8, 4) is 0 Å². The van der Waals surface area contributed by atoms with E-state index in [0.717, 1.165) is 5.56 Å². The summed E-state index contributed by atoms with van der Waals surface area (Å²) in [5.74, 6) is 0. The molecule has 0 fully saturated rings. The highest BCUT2D eigenvalue weighted by molar-refractivity contribution is 5.78. The lowest BCUT2D eigenvalue weighted by Crippen LogP contribution is -1.94. The van der Waals surface area contributed by atoms with Gasteiger partial charge in [-0.05, 0) is 6.07 Å². The van der Waals surface area contributed by atoms with Crippen molar-refractivity contribution < 1.29 is 0 Å². The van der Waals surface area contributed by atoms with Gasteiger partial charge in [0.25, 0.3) is 0 Å². The number of nitrogens with zero attached hydrogens (tertiary/aromatic N) is 2. The van der Waals surface area contributed by atoms with Crippen LogP contribution in [0.3, 0.4) is 0 Å². The molecular formula is C7H9N3. The van der Waals surface area contributed by atoms with Gasteiger partial charge in [-0.3, -0.25) is 4.98 Å². The Hall–Kier alpha value is -1.38. The predicted octanol–water partition coefficient (Wildman–Crippen LogP) is 0.635. The number of hydrogen-bond acceptors (Lipinski definition) is 3. The largest absolute Gasteiger partial charge is 0.313 e. The third kappa shape index (κ3) is 1.85. The third-order valence-electron chi connectivity index (χ3n) is 1.03. The summed E-state index contributed by atoms with van der Waals surface area (Å²) in [5, 5.41) is 3.83. The molecule has 0 saturated heterocycles. The molecule has 0 amide bonds. The fraction of sp³-hybridized carbons (Fsp3) is 0.143. The maximum absolute atomic E-state index is 3.92. The first-order chi connectivity index (χ1) is 4.93. The van der Waals surface area contributed by atoms with Crippen molar-refractivity contribution in [3.63, 3.8) is 0 Å². The summed E-state index contributed by atoms with van der Waals surface area (Å²) in [6.45, 7) is 0. The Kier molecular flexibility index (Phi) is 2.43. The predicted molar refractivity (Wildman–Crippen MR) is 40.9 cm³/mol. The quantitative estimate of drug-likeness (QED) is 0.477. The minimum absolute atomic E-state index is 0.997. The van der Waals surface area contributed by atoms with Crippen LogP contribution in [0, 0.1) is 0 Å². The molecule has 0 unspecified atom stereocenters. The lowest BCUT2D eigenvalue weighted by molar-refractivity contribution is 0.908. The maximum Gasteiger partial charge on any atom is 0.0555 e. The highest BCUT2D eigenvalue weighted by Gasteiger charge is 1.81. The monoisotopic (exact) mass is 135 g/mol. The number of hydrazone groups is 1. The Balaban J connectivity index is 2.67. The van der Waals surface area contributed by atoms with Gasteiger partial charge in [-0.1, -0.05) is 6.07 Å². The van der Waals surface area contributed by atoms with Crippen molar-refractivity contribution in [3.05, 3.63) is 30.1 Å². The van der Waals surface area contributed by atoms with Crippen LogP contribution in [0.15, 0.2) is 29.6 Å². The Bertz CT molecular complexity index is 205. The van der Waals surface area contributed by atoms with Gasteiger partial charge in [0, 0.05) is 25.0 Å². The molecule has 0 aromatic carbocycles. The molecular weight excluding hydrogens is 126 g/mol. The topological polar surface area (TPSA) is 37.3 Å². The normalized spacial score (nSPS) is 10.1. The van der Waals surface area contributed by atoms with E-state index < -0.39 is 0 Å². The van der Waals surface area contributed by atoms with E-state index in [0.29, 0.717) is 0 Å². The van der Waals surface area contributed by atoms with Gasteiger partial charge in [0.2, 0.25) is 0 Å². The van der Waals surface area contributed by atoms with Crippen molar-refractivity contribution in [2.24, 2.45) is 5.10 Å². The molecule has 0 atom stereocenters. The number of nitrogens with one attached hydrogen (secondary N) is 1. The second kappa shape index (κ2) is 3.61. The molecule has 1 N–H and O–H groups in total. The number of aromatic nitrogens is 1. The zero-order valence-corrected chi connectivity index (χ0v) is 5.78. The van der Waals surface area contributed by atoms with Crippen molar-refractivity contribution in [2.75, 3.05) is 7.05 Å². The summed E-state index contributed by atoms with van der Waals surface area (Å²) in [5.41, 5.74) is 3.65. The van der Waals surface area contributed by atoms with E-state index in [1.54, 1.807) is 25.7 Å². The molecule has 3 nitrogen and oxygen atoms in total. The van der Waals surface area contributed by atoms with Gasteiger partial charge in [-0.25, -0.2) is 0 Å². The minimum atomic E-state index is 0.997. The Morgan fingerprint density at radius 2 is 2.60 bits per heavy atom. The van der Waals surface area contributed by atoms with Gasteiger partial charge < -0.3 is 5.43 Å². The summed E-state index contributed by atoms with van der Waals surface area (Å²) < 4.78 is 0. The minimum Gasteiger partial charge on any atom is -0.313 e. The van der Waals surface area contributed by atoms with Gasteiger partial charge in [-0.15, -0.1) is 0 Å². The van der Waals surface area contributed by atoms with E-state index >= 15 is 0 Å². The molecule has 1 aromatic rings. The summed E-state index contributed by atoms with van der Waals surface area (Å²) in [7, 11) is 1.76. The van der Waals surface area contributed by atoms with Crippen LogP contribution in [-0.4, -0.2) is 18.2 Å². The van der Waals surface area contributed by atoms with E-state index in [1.165, 1.54) is 0 Å². The van der Waals surface area contributed by atoms with E-state index in [9.17, 15) is 0 Å². The zero-order chi connectivity index (χ0) is 7.23. The molecule has 0 radical (unpaired) electrons. The van der Waals surface area contributed by atoms with Crippen LogP contribution in [0.1, 0.15) is 5.56 Å². The molecule has 10 heavy (non-hydrogen) atoms. The summed E-state index contributed by atoms with van der Waals surface area (Å²) in [6.07, 6.45) is 5.20. The van der Waals surface area contributed by atoms with E-state index in [2.05, 4.69) is 15.5 Å². The smallest absolute Gasteiger partial charge is 0.0555 e. The van der Waals surface area contributed by atoms with Crippen molar-refractivity contribution >= 4 is 6.21 Å². The lowest BCUT2D eigenvalue weighted by atomic mass is 10.3. The van der Waals surface area contributed by atoms with Gasteiger partial charge in [0.15, 0.2) is 0 Å². The molecule has 1 aromatic heterocycles. The summed E-state index contributed by atoms with van der Waals surface area (Å²) in [6, 6.07) is 3.81. The Morgan fingerprint density at radius 1 is 1.70 bits per heavy atom.